The summed E-state index contributed by atoms with van der Waals surface area (Å²) < 4.78 is 61.5. The number of aromatic nitrogens is 1. The number of pyridine rings is 1. The van der Waals surface area contributed by atoms with Crippen LogP contribution in [0.2, 0.25) is 0 Å². The van der Waals surface area contributed by atoms with Gasteiger partial charge in [0.05, 0.1) is 12.6 Å². The molecule has 1 aromatic rings. The topological polar surface area (TPSA) is 66.4 Å². The van der Waals surface area contributed by atoms with Crippen molar-refractivity contribution in [1.82, 2.24) is 9.71 Å². The fraction of sp³-hybridized carbons (Fsp3) is 0.667. The van der Waals surface area contributed by atoms with Gasteiger partial charge >= 0.3 is 6.18 Å². The molecule has 0 saturated carbocycles. The maximum atomic E-state index is 12.3. The Morgan fingerprint density at radius 1 is 1.29 bits per heavy atom. The zero-order chi connectivity index (χ0) is 18.5. The lowest BCUT2D eigenvalue weighted by Crippen LogP contribution is -2.40. The molecule has 0 radical (unpaired) electrons. The van der Waals surface area contributed by atoms with Crippen molar-refractivity contribution in [2.24, 2.45) is 0 Å². The number of nitrogens with one attached hydrogen (secondary N) is 1. The first-order chi connectivity index (χ1) is 10.9. The molecule has 0 spiro atoms. The number of ether oxygens (including phenoxy) is 2. The second-order valence-corrected chi connectivity index (χ2v) is 8.13. The van der Waals surface area contributed by atoms with E-state index in [1.165, 1.54) is 6.20 Å². The third-order valence-electron chi connectivity index (χ3n) is 2.85. The fourth-order valence-electron chi connectivity index (χ4n) is 1.61. The molecule has 0 aromatic carbocycles. The lowest BCUT2D eigenvalue weighted by atomic mass is 10.1. The summed E-state index contributed by atoms with van der Waals surface area (Å²) >= 11 is -1.30. The molecule has 0 fully saturated rings. The molecule has 5 nitrogen and oxygen atoms in total. The second kappa shape index (κ2) is 8.26. The van der Waals surface area contributed by atoms with Crippen molar-refractivity contribution < 1.29 is 27.2 Å². The maximum Gasteiger partial charge on any atom is 0.422 e. The highest BCUT2D eigenvalue weighted by Crippen LogP contribution is 2.30. The summed E-state index contributed by atoms with van der Waals surface area (Å²) in [5.41, 5.74) is 0.635. The zero-order valence-electron chi connectivity index (χ0n) is 14.4. The van der Waals surface area contributed by atoms with E-state index in [4.69, 9.17) is 4.74 Å². The number of halogens is 3. The Bertz CT molecular complexity index is 536. The maximum absolute atomic E-state index is 12.3. The molecule has 9 heteroatoms. The summed E-state index contributed by atoms with van der Waals surface area (Å²) in [7, 11) is 0. The molecule has 24 heavy (non-hydrogen) atoms. The van der Waals surface area contributed by atoms with E-state index in [1.807, 2.05) is 20.8 Å². The van der Waals surface area contributed by atoms with Gasteiger partial charge in [0.25, 0.3) is 5.88 Å². The van der Waals surface area contributed by atoms with E-state index in [0.717, 1.165) is 0 Å². The van der Waals surface area contributed by atoms with Gasteiger partial charge in [-0.25, -0.2) is 4.98 Å². The van der Waals surface area contributed by atoms with E-state index in [1.54, 1.807) is 19.9 Å². The standard InChI is InChI=1S/C15H23F3N2O3S/c1-6-22-12-7-11(10(2)20-24(21)14(3,4)5)8-19-13(12)23-9-15(16,17)18/h7-8,10,20H,6,9H2,1-5H3/t10-,24?/m1/s1. The molecule has 0 amide bonds. The number of hydrogen-bond acceptors (Lipinski definition) is 5. The van der Waals surface area contributed by atoms with Gasteiger partial charge in [-0.3, -0.25) is 0 Å². The Balaban J connectivity index is 2.92. The van der Waals surface area contributed by atoms with Crippen LogP contribution in [0.4, 0.5) is 13.2 Å². The Hall–Kier alpha value is -1.19. The Labute approximate surface area is 143 Å². The minimum atomic E-state index is -4.46. The number of nitrogens with zero attached hydrogens (tertiary/aromatic N) is 1. The summed E-state index contributed by atoms with van der Waals surface area (Å²) in [6, 6.07) is 1.22. The number of alkyl halides is 3. The van der Waals surface area contributed by atoms with Crippen LogP contribution in [0, 0.1) is 0 Å². The van der Waals surface area contributed by atoms with Gasteiger partial charge in [-0.05, 0) is 46.2 Å². The smallest absolute Gasteiger partial charge is 0.422 e. The predicted octanol–water partition coefficient (Wildman–Crippen LogP) is 3.53. The summed E-state index contributed by atoms with van der Waals surface area (Å²) in [6.45, 7) is 7.80. The normalized spacial score (nSPS) is 15.0. The minimum Gasteiger partial charge on any atom is -0.598 e. The first kappa shape index (κ1) is 20.9. The first-order valence-corrected chi connectivity index (χ1v) is 8.59. The van der Waals surface area contributed by atoms with Crippen molar-refractivity contribution in [2.45, 2.75) is 51.6 Å². The molecule has 0 aliphatic rings. The molecule has 0 aliphatic heterocycles. The Morgan fingerprint density at radius 3 is 2.42 bits per heavy atom. The largest absolute Gasteiger partial charge is 0.598 e. The minimum absolute atomic E-state index is 0.120. The summed E-state index contributed by atoms with van der Waals surface area (Å²) in [4.78, 5) is 3.90. The van der Waals surface area contributed by atoms with Gasteiger partial charge < -0.3 is 14.0 Å². The predicted molar refractivity (Wildman–Crippen MR) is 86.4 cm³/mol. The average molecular weight is 368 g/mol. The fourth-order valence-corrected chi connectivity index (χ4v) is 2.42. The molecular weight excluding hydrogens is 345 g/mol. The van der Waals surface area contributed by atoms with Crippen LogP contribution in [0.1, 0.15) is 46.2 Å². The highest BCUT2D eigenvalue weighted by Gasteiger charge is 2.30. The molecule has 1 heterocycles. The van der Waals surface area contributed by atoms with E-state index in [2.05, 4.69) is 14.4 Å². The van der Waals surface area contributed by atoms with Gasteiger partial charge in [-0.2, -0.15) is 13.2 Å². The van der Waals surface area contributed by atoms with Crippen LogP contribution in [0.5, 0.6) is 11.6 Å². The molecule has 0 bridgehead atoms. The third kappa shape index (κ3) is 6.74. The quantitative estimate of drug-likeness (QED) is 0.746. The van der Waals surface area contributed by atoms with Gasteiger partial charge in [0.2, 0.25) is 0 Å². The van der Waals surface area contributed by atoms with Crippen molar-refractivity contribution in [3.8, 4) is 11.6 Å². The molecule has 0 aliphatic carbocycles. The summed E-state index contributed by atoms with van der Waals surface area (Å²) in [5, 5.41) is 0. The van der Waals surface area contributed by atoms with Crippen LogP contribution >= 0.6 is 0 Å². The molecule has 2 atom stereocenters. The summed E-state index contributed by atoms with van der Waals surface area (Å²) in [5.74, 6) is -0.100. The molecule has 138 valence electrons. The highest BCUT2D eigenvalue weighted by atomic mass is 32.2. The lowest BCUT2D eigenvalue weighted by molar-refractivity contribution is -0.154. The monoisotopic (exact) mass is 368 g/mol. The summed E-state index contributed by atoms with van der Waals surface area (Å²) in [6.07, 6.45) is -3.08. The van der Waals surface area contributed by atoms with Gasteiger partial charge in [0.15, 0.2) is 12.4 Å². The molecule has 0 saturated heterocycles. The third-order valence-corrected chi connectivity index (χ3v) is 4.53. The molecule has 1 unspecified atom stereocenters. The molecular formula is C15H23F3N2O3S. The first-order valence-electron chi connectivity index (χ1n) is 7.44. The molecule has 1 N–H and O–H groups in total. The SMILES string of the molecule is CCOc1cc([C@@H](C)N[S+]([O-])C(C)(C)C)cnc1OCC(F)(F)F. The zero-order valence-corrected chi connectivity index (χ0v) is 15.2. The van der Waals surface area contributed by atoms with E-state index in [-0.39, 0.29) is 24.3 Å². The van der Waals surface area contributed by atoms with E-state index < -0.39 is 28.9 Å². The highest BCUT2D eigenvalue weighted by molar-refractivity contribution is 7.90. The average Bonchev–Trinajstić information content (AvgIpc) is 2.44. The van der Waals surface area contributed by atoms with Crippen molar-refractivity contribution in [1.29, 1.82) is 0 Å². The number of hydrogen-bond donors (Lipinski definition) is 1. The van der Waals surface area contributed by atoms with Crippen molar-refractivity contribution in [3.05, 3.63) is 17.8 Å². The number of rotatable bonds is 7. The van der Waals surface area contributed by atoms with Gasteiger partial charge in [-0.15, -0.1) is 4.72 Å². The van der Waals surface area contributed by atoms with E-state index in [0.29, 0.717) is 5.56 Å². The molecule has 1 rings (SSSR count). The van der Waals surface area contributed by atoms with Crippen molar-refractivity contribution >= 4 is 11.4 Å². The second-order valence-electron chi connectivity index (χ2n) is 6.13. The van der Waals surface area contributed by atoms with E-state index >= 15 is 0 Å². The van der Waals surface area contributed by atoms with Crippen LogP contribution in [0.3, 0.4) is 0 Å². The van der Waals surface area contributed by atoms with Crippen LogP contribution in [0.25, 0.3) is 0 Å². The van der Waals surface area contributed by atoms with Crippen molar-refractivity contribution in [3.63, 3.8) is 0 Å². The van der Waals surface area contributed by atoms with Crippen LogP contribution in [-0.4, -0.2) is 33.7 Å². The Morgan fingerprint density at radius 2 is 1.92 bits per heavy atom. The van der Waals surface area contributed by atoms with Crippen molar-refractivity contribution in [2.75, 3.05) is 13.2 Å². The lowest BCUT2D eigenvalue weighted by Gasteiger charge is -2.26. The van der Waals surface area contributed by atoms with Crippen LogP contribution in [0.15, 0.2) is 12.3 Å². The van der Waals surface area contributed by atoms with Gasteiger partial charge in [0.1, 0.15) is 4.75 Å². The van der Waals surface area contributed by atoms with Crippen LogP contribution in [-0.2, 0) is 11.4 Å². The molecule has 1 aromatic heterocycles. The van der Waals surface area contributed by atoms with Crippen LogP contribution < -0.4 is 14.2 Å². The van der Waals surface area contributed by atoms with Gasteiger partial charge in [0, 0.05) is 17.6 Å². The van der Waals surface area contributed by atoms with E-state index in [9.17, 15) is 17.7 Å². The van der Waals surface area contributed by atoms with Gasteiger partial charge in [-0.1, -0.05) is 0 Å². The Kier molecular flexibility index (Phi) is 7.18.